The van der Waals surface area contributed by atoms with Gasteiger partial charge in [0.2, 0.25) is 0 Å². The molecule has 0 fully saturated rings. The molecular weight excluding hydrogens is 222 g/mol. The summed E-state index contributed by atoms with van der Waals surface area (Å²) in [6.45, 7) is 0. The number of rotatable bonds is 2. The summed E-state index contributed by atoms with van der Waals surface area (Å²) in [5, 5.41) is 1.12. The molecule has 0 saturated carbocycles. The Morgan fingerprint density at radius 3 is 2.61 bits per heavy atom. The molecule has 0 radical (unpaired) electrons. The van der Waals surface area contributed by atoms with Gasteiger partial charge in [-0.3, -0.25) is 9.97 Å². The minimum absolute atomic E-state index is 0.211. The second-order valence-corrected chi connectivity index (χ2v) is 4.19. The van der Waals surface area contributed by atoms with E-state index in [1.54, 1.807) is 12.4 Å². The van der Waals surface area contributed by atoms with Crippen molar-refractivity contribution < 1.29 is 0 Å². The molecule has 3 heteroatoms. The quantitative estimate of drug-likeness (QED) is 0.743. The van der Waals surface area contributed by atoms with Gasteiger partial charge in [-0.25, -0.2) is 0 Å². The highest BCUT2D eigenvalue weighted by Gasteiger charge is 2.10. The summed E-state index contributed by atoms with van der Waals surface area (Å²) in [6, 6.07) is 15.6. The first kappa shape index (κ1) is 10.9. The highest BCUT2D eigenvalue weighted by molar-refractivity contribution is 5.79. The molecule has 0 amide bonds. The third-order valence-electron chi connectivity index (χ3n) is 3.00. The van der Waals surface area contributed by atoms with Gasteiger partial charge < -0.3 is 5.73 Å². The van der Waals surface area contributed by atoms with Crippen LogP contribution in [0, 0.1) is 0 Å². The molecule has 0 saturated heterocycles. The van der Waals surface area contributed by atoms with Crippen molar-refractivity contribution in [2.75, 3.05) is 0 Å². The lowest BCUT2D eigenvalue weighted by Gasteiger charge is -2.11. The van der Waals surface area contributed by atoms with Crippen LogP contribution in [0.3, 0.4) is 0 Å². The smallest absolute Gasteiger partial charge is 0.0727 e. The maximum atomic E-state index is 6.22. The van der Waals surface area contributed by atoms with E-state index < -0.39 is 0 Å². The van der Waals surface area contributed by atoms with Crippen LogP contribution >= 0.6 is 0 Å². The summed E-state index contributed by atoms with van der Waals surface area (Å²) < 4.78 is 0. The minimum Gasteiger partial charge on any atom is -0.319 e. The maximum absolute atomic E-state index is 6.22. The van der Waals surface area contributed by atoms with Gasteiger partial charge in [0.25, 0.3) is 0 Å². The Kier molecular flexibility index (Phi) is 2.74. The van der Waals surface area contributed by atoms with Gasteiger partial charge in [-0.15, -0.1) is 0 Å². The van der Waals surface area contributed by atoms with Gasteiger partial charge in [0.15, 0.2) is 0 Å². The first-order chi connectivity index (χ1) is 8.84. The van der Waals surface area contributed by atoms with E-state index in [0.29, 0.717) is 0 Å². The number of hydrogen-bond acceptors (Lipinski definition) is 3. The van der Waals surface area contributed by atoms with Crippen LogP contribution in [0.25, 0.3) is 10.9 Å². The highest BCUT2D eigenvalue weighted by atomic mass is 14.8. The molecule has 2 aromatic heterocycles. The zero-order valence-corrected chi connectivity index (χ0v) is 9.82. The van der Waals surface area contributed by atoms with E-state index >= 15 is 0 Å². The molecule has 3 nitrogen and oxygen atoms in total. The molecule has 0 aliphatic rings. The third-order valence-corrected chi connectivity index (χ3v) is 3.00. The van der Waals surface area contributed by atoms with Crippen molar-refractivity contribution in [1.82, 2.24) is 9.97 Å². The van der Waals surface area contributed by atoms with Crippen molar-refractivity contribution >= 4 is 10.9 Å². The number of nitrogens with zero attached hydrogens (tertiary/aromatic N) is 2. The van der Waals surface area contributed by atoms with Crippen molar-refractivity contribution in [3.05, 3.63) is 72.2 Å². The van der Waals surface area contributed by atoms with Gasteiger partial charge in [-0.1, -0.05) is 24.3 Å². The van der Waals surface area contributed by atoms with Gasteiger partial charge in [-0.05, 0) is 29.8 Å². The summed E-state index contributed by atoms with van der Waals surface area (Å²) in [5.74, 6) is 0. The van der Waals surface area contributed by atoms with E-state index in [4.69, 9.17) is 5.73 Å². The summed E-state index contributed by atoms with van der Waals surface area (Å²) in [5.41, 5.74) is 9.07. The van der Waals surface area contributed by atoms with E-state index in [1.165, 1.54) is 0 Å². The van der Waals surface area contributed by atoms with Crippen molar-refractivity contribution in [2.24, 2.45) is 5.73 Å². The molecule has 1 aromatic carbocycles. The Labute approximate surface area is 105 Å². The maximum Gasteiger partial charge on any atom is 0.0727 e. The molecule has 0 spiro atoms. The number of hydrogen-bond donors (Lipinski definition) is 1. The van der Waals surface area contributed by atoms with E-state index in [1.807, 2.05) is 48.5 Å². The lowest BCUT2D eigenvalue weighted by atomic mass is 10.0. The number of pyridine rings is 2. The van der Waals surface area contributed by atoms with Crippen LogP contribution in [0.4, 0.5) is 0 Å². The SMILES string of the molecule is NC(c1ccc2cccnc2c1)c1ccccn1. The van der Waals surface area contributed by atoms with E-state index in [-0.39, 0.29) is 6.04 Å². The van der Waals surface area contributed by atoms with Crippen LogP contribution < -0.4 is 5.73 Å². The molecule has 3 aromatic rings. The Balaban J connectivity index is 2.04. The van der Waals surface area contributed by atoms with E-state index in [2.05, 4.69) is 9.97 Å². The Morgan fingerprint density at radius 1 is 0.889 bits per heavy atom. The number of aromatic nitrogens is 2. The summed E-state index contributed by atoms with van der Waals surface area (Å²) in [4.78, 5) is 8.63. The second-order valence-electron chi connectivity index (χ2n) is 4.19. The van der Waals surface area contributed by atoms with Crippen molar-refractivity contribution in [1.29, 1.82) is 0 Å². The van der Waals surface area contributed by atoms with Crippen molar-refractivity contribution in [3.63, 3.8) is 0 Å². The fourth-order valence-electron chi connectivity index (χ4n) is 2.01. The number of fused-ring (bicyclic) bond motifs is 1. The second kappa shape index (κ2) is 4.55. The predicted molar refractivity (Wildman–Crippen MR) is 72.0 cm³/mol. The van der Waals surface area contributed by atoms with Crippen LogP contribution in [0.1, 0.15) is 17.3 Å². The predicted octanol–water partition coefficient (Wildman–Crippen LogP) is 2.68. The lowest BCUT2D eigenvalue weighted by molar-refractivity contribution is 0.830. The normalized spacial score (nSPS) is 12.5. The Morgan fingerprint density at radius 2 is 1.78 bits per heavy atom. The fraction of sp³-hybridized carbons (Fsp3) is 0.0667. The molecule has 2 N–H and O–H groups in total. The minimum atomic E-state index is -0.211. The average Bonchev–Trinajstić information content (AvgIpc) is 2.47. The van der Waals surface area contributed by atoms with Crippen LogP contribution in [-0.4, -0.2) is 9.97 Å². The van der Waals surface area contributed by atoms with Crippen LogP contribution in [0.15, 0.2) is 60.9 Å². The molecular formula is C15H13N3. The third kappa shape index (κ3) is 1.96. The molecule has 88 valence electrons. The van der Waals surface area contributed by atoms with Crippen LogP contribution in [0.5, 0.6) is 0 Å². The van der Waals surface area contributed by atoms with Crippen molar-refractivity contribution in [3.8, 4) is 0 Å². The van der Waals surface area contributed by atoms with Gasteiger partial charge in [0.1, 0.15) is 0 Å². The van der Waals surface area contributed by atoms with Crippen LogP contribution in [0.2, 0.25) is 0 Å². The first-order valence-corrected chi connectivity index (χ1v) is 5.86. The molecule has 0 aliphatic heterocycles. The summed E-state index contributed by atoms with van der Waals surface area (Å²) in [6.07, 6.45) is 3.55. The van der Waals surface area contributed by atoms with Gasteiger partial charge >= 0.3 is 0 Å². The molecule has 0 aliphatic carbocycles. The van der Waals surface area contributed by atoms with E-state index in [9.17, 15) is 0 Å². The standard InChI is InChI=1S/C15H13N3/c16-15(13-5-1-2-8-17-13)12-7-6-11-4-3-9-18-14(11)10-12/h1-10,15H,16H2. The average molecular weight is 235 g/mol. The Hall–Kier alpha value is -2.26. The number of benzene rings is 1. The summed E-state index contributed by atoms with van der Waals surface area (Å²) in [7, 11) is 0. The zero-order chi connectivity index (χ0) is 12.4. The van der Waals surface area contributed by atoms with Crippen molar-refractivity contribution in [2.45, 2.75) is 6.04 Å². The first-order valence-electron chi connectivity index (χ1n) is 5.86. The molecule has 3 rings (SSSR count). The zero-order valence-electron chi connectivity index (χ0n) is 9.82. The van der Waals surface area contributed by atoms with Gasteiger partial charge in [0.05, 0.1) is 17.3 Å². The molecule has 2 heterocycles. The van der Waals surface area contributed by atoms with E-state index in [0.717, 1.165) is 22.2 Å². The summed E-state index contributed by atoms with van der Waals surface area (Å²) >= 11 is 0. The number of nitrogens with two attached hydrogens (primary N) is 1. The molecule has 0 bridgehead atoms. The van der Waals surface area contributed by atoms with Gasteiger partial charge in [0, 0.05) is 17.8 Å². The fourth-order valence-corrected chi connectivity index (χ4v) is 2.01. The largest absolute Gasteiger partial charge is 0.319 e. The Bertz CT molecular complexity index is 665. The van der Waals surface area contributed by atoms with Gasteiger partial charge in [-0.2, -0.15) is 0 Å². The highest BCUT2D eigenvalue weighted by Crippen LogP contribution is 2.21. The lowest BCUT2D eigenvalue weighted by Crippen LogP contribution is -2.13. The molecule has 1 unspecified atom stereocenters. The molecule has 1 atom stereocenters. The molecule has 18 heavy (non-hydrogen) atoms. The topological polar surface area (TPSA) is 51.8 Å². The monoisotopic (exact) mass is 235 g/mol. The van der Waals surface area contributed by atoms with Crippen LogP contribution in [-0.2, 0) is 0 Å².